The van der Waals surface area contributed by atoms with Gasteiger partial charge in [0.15, 0.2) is 0 Å². The number of nitrogens with one attached hydrogen (secondary N) is 1. The number of hydrogen-bond acceptors (Lipinski definition) is 3. The maximum Gasteiger partial charge on any atom is 0.240 e. The summed E-state index contributed by atoms with van der Waals surface area (Å²) in [5, 5.41) is 3.54. The fraction of sp³-hybridized carbons (Fsp3) is 0.933. The fourth-order valence-electron chi connectivity index (χ4n) is 4.11. The van der Waals surface area contributed by atoms with Crippen molar-refractivity contribution in [3.63, 3.8) is 0 Å². The van der Waals surface area contributed by atoms with Gasteiger partial charge in [0, 0.05) is 12.6 Å². The Morgan fingerprint density at radius 3 is 2.58 bits per heavy atom. The van der Waals surface area contributed by atoms with Crippen LogP contribution in [0.5, 0.6) is 0 Å². The van der Waals surface area contributed by atoms with Crippen LogP contribution in [0.15, 0.2) is 0 Å². The van der Waals surface area contributed by atoms with E-state index in [4.69, 9.17) is 0 Å². The number of likely N-dealkylation sites (N-methyl/N-ethyl adjacent to an activating group) is 1. The van der Waals surface area contributed by atoms with Crippen molar-refractivity contribution >= 4 is 5.91 Å². The highest BCUT2D eigenvalue weighted by Gasteiger charge is 2.42. The van der Waals surface area contributed by atoms with E-state index < -0.39 is 0 Å². The van der Waals surface area contributed by atoms with Crippen LogP contribution >= 0.6 is 0 Å². The van der Waals surface area contributed by atoms with Crippen LogP contribution in [0.3, 0.4) is 0 Å². The minimum atomic E-state index is 0.0114. The Morgan fingerprint density at radius 1 is 1.21 bits per heavy atom. The zero-order valence-electron chi connectivity index (χ0n) is 12.3. The normalized spacial score (nSPS) is 37.7. The highest BCUT2D eigenvalue weighted by Crippen LogP contribution is 2.32. The van der Waals surface area contributed by atoms with Gasteiger partial charge in [0.05, 0.1) is 12.2 Å². The third kappa shape index (κ3) is 2.52. The third-order valence-electron chi connectivity index (χ3n) is 5.34. The Kier molecular flexibility index (Phi) is 3.81. The van der Waals surface area contributed by atoms with E-state index in [0.29, 0.717) is 24.0 Å². The Hall–Kier alpha value is -0.610. The zero-order valence-corrected chi connectivity index (χ0v) is 12.3. The van der Waals surface area contributed by atoms with E-state index in [9.17, 15) is 4.79 Å². The van der Waals surface area contributed by atoms with Crippen LogP contribution in [-0.4, -0.2) is 54.1 Å². The second-order valence-electron chi connectivity index (χ2n) is 6.64. The van der Waals surface area contributed by atoms with Gasteiger partial charge in [-0.15, -0.1) is 0 Å². The largest absolute Gasteiger partial charge is 0.324 e. The van der Waals surface area contributed by atoms with Crippen molar-refractivity contribution in [3.05, 3.63) is 0 Å². The first kappa shape index (κ1) is 13.4. The molecule has 3 fully saturated rings. The van der Waals surface area contributed by atoms with Crippen molar-refractivity contribution in [1.82, 2.24) is 15.1 Å². The molecule has 2 heterocycles. The van der Waals surface area contributed by atoms with E-state index in [1.165, 1.54) is 45.1 Å². The van der Waals surface area contributed by atoms with Crippen molar-refractivity contribution in [1.29, 1.82) is 0 Å². The number of amides is 1. The van der Waals surface area contributed by atoms with Gasteiger partial charge in [-0.1, -0.05) is 12.8 Å². The van der Waals surface area contributed by atoms with Crippen LogP contribution < -0.4 is 5.32 Å². The predicted molar refractivity (Wildman–Crippen MR) is 75.7 cm³/mol. The first-order valence-corrected chi connectivity index (χ1v) is 7.93. The first-order valence-electron chi connectivity index (χ1n) is 7.93. The summed E-state index contributed by atoms with van der Waals surface area (Å²) in [5.41, 5.74) is 0. The van der Waals surface area contributed by atoms with Crippen molar-refractivity contribution in [2.75, 3.05) is 20.1 Å². The Morgan fingerprint density at radius 2 is 1.95 bits per heavy atom. The minimum absolute atomic E-state index is 0.0114. The summed E-state index contributed by atoms with van der Waals surface area (Å²) in [6.07, 6.45) is 8.07. The molecule has 0 bridgehead atoms. The molecule has 1 aliphatic carbocycles. The maximum atomic E-state index is 12.4. The monoisotopic (exact) mass is 265 g/mol. The van der Waals surface area contributed by atoms with Gasteiger partial charge in [0.25, 0.3) is 0 Å². The molecule has 3 rings (SSSR count). The summed E-state index contributed by atoms with van der Waals surface area (Å²) in [6, 6.07) is 0.581. The third-order valence-corrected chi connectivity index (χ3v) is 5.34. The lowest BCUT2D eigenvalue weighted by Crippen LogP contribution is -2.47. The molecule has 1 saturated carbocycles. The number of nitrogens with zero attached hydrogens (tertiary/aromatic N) is 2. The molecule has 108 valence electrons. The number of carbonyl (C=O) groups excluding carboxylic acids is 1. The molecule has 3 aliphatic rings. The van der Waals surface area contributed by atoms with Gasteiger partial charge in [-0.2, -0.15) is 0 Å². The summed E-state index contributed by atoms with van der Waals surface area (Å²) < 4.78 is 0. The van der Waals surface area contributed by atoms with Crippen LogP contribution in [0.2, 0.25) is 0 Å². The summed E-state index contributed by atoms with van der Waals surface area (Å²) in [4.78, 5) is 17.0. The molecule has 3 unspecified atom stereocenters. The second-order valence-corrected chi connectivity index (χ2v) is 6.64. The second kappa shape index (κ2) is 5.41. The summed E-state index contributed by atoms with van der Waals surface area (Å²) >= 11 is 0. The van der Waals surface area contributed by atoms with E-state index in [-0.39, 0.29) is 6.04 Å². The quantitative estimate of drug-likeness (QED) is 0.838. The topological polar surface area (TPSA) is 35.6 Å². The molecule has 0 aromatic carbocycles. The molecule has 1 N–H and O–H groups in total. The van der Waals surface area contributed by atoms with Gasteiger partial charge >= 0.3 is 0 Å². The molecule has 2 saturated heterocycles. The van der Waals surface area contributed by atoms with E-state index >= 15 is 0 Å². The van der Waals surface area contributed by atoms with Gasteiger partial charge in [-0.3, -0.25) is 10.1 Å². The lowest BCUT2D eigenvalue weighted by atomic mass is 10.0. The minimum Gasteiger partial charge on any atom is -0.324 e. The molecule has 0 spiro atoms. The lowest BCUT2D eigenvalue weighted by molar-refractivity contribution is -0.131. The number of rotatable bonds is 3. The lowest BCUT2D eigenvalue weighted by Gasteiger charge is -2.33. The van der Waals surface area contributed by atoms with Gasteiger partial charge in [-0.25, -0.2) is 0 Å². The van der Waals surface area contributed by atoms with E-state index in [2.05, 4.69) is 22.2 Å². The van der Waals surface area contributed by atoms with Crippen molar-refractivity contribution in [2.45, 2.75) is 63.7 Å². The summed E-state index contributed by atoms with van der Waals surface area (Å²) in [6.45, 7) is 4.13. The van der Waals surface area contributed by atoms with Crippen LogP contribution in [0.4, 0.5) is 0 Å². The maximum absolute atomic E-state index is 12.4. The summed E-state index contributed by atoms with van der Waals surface area (Å²) in [5.74, 6) is 0.998. The van der Waals surface area contributed by atoms with Gasteiger partial charge in [0.1, 0.15) is 0 Å². The average molecular weight is 265 g/mol. The Balaban J connectivity index is 1.69. The number of likely N-dealkylation sites (tertiary alicyclic amines) is 1. The molecule has 4 nitrogen and oxygen atoms in total. The highest BCUT2D eigenvalue weighted by molar-refractivity contribution is 5.84. The zero-order chi connectivity index (χ0) is 13.4. The Labute approximate surface area is 116 Å². The summed E-state index contributed by atoms with van der Waals surface area (Å²) in [7, 11) is 2.19. The van der Waals surface area contributed by atoms with Gasteiger partial charge in [-0.05, 0) is 52.1 Å². The van der Waals surface area contributed by atoms with Gasteiger partial charge < -0.3 is 9.80 Å². The molecule has 0 aromatic rings. The van der Waals surface area contributed by atoms with Crippen molar-refractivity contribution < 1.29 is 4.79 Å². The molecule has 4 heteroatoms. The van der Waals surface area contributed by atoms with Crippen molar-refractivity contribution in [3.8, 4) is 0 Å². The van der Waals surface area contributed by atoms with E-state index in [0.717, 1.165) is 6.54 Å². The standard InChI is InChI=1S/C15H27N3O/c1-11-15(19)18(10-13-8-5-9-17(13)2)14(16-11)12-6-3-4-7-12/h11-14,16H,3-10H2,1-2H3. The molecule has 1 amide bonds. The van der Waals surface area contributed by atoms with Crippen LogP contribution in [-0.2, 0) is 4.79 Å². The average Bonchev–Trinajstić information content (AvgIpc) is 3.08. The van der Waals surface area contributed by atoms with E-state index in [1.807, 2.05) is 6.92 Å². The van der Waals surface area contributed by atoms with E-state index in [1.54, 1.807) is 0 Å². The fourth-order valence-corrected chi connectivity index (χ4v) is 4.11. The molecular weight excluding hydrogens is 238 g/mol. The van der Waals surface area contributed by atoms with Crippen LogP contribution in [0, 0.1) is 5.92 Å². The molecule has 2 aliphatic heterocycles. The number of carbonyl (C=O) groups is 1. The molecule has 0 radical (unpaired) electrons. The molecule has 0 aromatic heterocycles. The number of hydrogen-bond donors (Lipinski definition) is 1. The Bertz CT molecular complexity index is 340. The van der Waals surface area contributed by atoms with Gasteiger partial charge in [0.2, 0.25) is 5.91 Å². The molecular formula is C15H27N3O. The van der Waals surface area contributed by atoms with Crippen molar-refractivity contribution in [2.24, 2.45) is 5.92 Å². The van der Waals surface area contributed by atoms with Crippen LogP contribution in [0.25, 0.3) is 0 Å². The molecule has 19 heavy (non-hydrogen) atoms. The molecule has 3 atom stereocenters. The predicted octanol–water partition coefficient (Wildman–Crippen LogP) is 1.42. The smallest absolute Gasteiger partial charge is 0.240 e. The first-order chi connectivity index (χ1) is 9.16. The SMILES string of the molecule is CC1NC(C2CCCC2)N(CC2CCCN2C)C1=O. The highest BCUT2D eigenvalue weighted by atomic mass is 16.2. The van der Waals surface area contributed by atoms with Crippen LogP contribution in [0.1, 0.15) is 45.4 Å².